The second-order valence-electron chi connectivity index (χ2n) is 8.64. The zero-order valence-electron chi connectivity index (χ0n) is 14.6. The van der Waals surface area contributed by atoms with Gasteiger partial charge in [-0.15, -0.1) is 0 Å². The summed E-state index contributed by atoms with van der Waals surface area (Å²) in [5, 5.41) is 13.1. The molecule has 0 aromatic rings. The summed E-state index contributed by atoms with van der Waals surface area (Å²) in [4.78, 5) is 2.70. The van der Waals surface area contributed by atoms with Crippen LogP contribution in [0.2, 0.25) is 0 Å². The monoisotopic (exact) mass is 296 g/mol. The summed E-state index contributed by atoms with van der Waals surface area (Å²) < 4.78 is 0. The van der Waals surface area contributed by atoms with Crippen LogP contribution in [0.1, 0.15) is 59.8 Å². The average molecular weight is 296 g/mol. The van der Waals surface area contributed by atoms with E-state index >= 15 is 0 Å². The smallest absolute Gasteiger partial charge is 0.0434 e. The molecule has 21 heavy (non-hydrogen) atoms. The molecule has 1 saturated heterocycles. The molecule has 3 atom stereocenters. The number of hydrogen-bond donors (Lipinski definition) is 2. The van der Waals surface area contributed by atoms with Gasteiger partial charge in [0, 0.05) is 38.3 Å². The van der Waals surface area contributed by atoms with Crippen LogP contribution in [0.5, 0.6) is 0 Å². The highest BCUT2D eigenvalue weighted by Crippen LogP contribution is 2.34. The van der Waals surface area contributed by atoms with Gasteiger partial charge in [0.15, 0.2) is 0 Å². The van der Waals surface area contributed by atoms with E-state index in [1.54, 1.807) is 0 Å². The highest BCUT2D eigenvalue weighted by molar-refractivity contribution is 4.90. The maximum atomic E-state index is 9.32. The standard InChI is InChI=1S/C18H36N2O/c1-14(16-6-5-7-16)20-11-15(8-9-21)10-17(12-20)19-13-18(2,3)4/h14-17,19,21H,5-13H2,1-4H3. The van der Waals surface area contributed by atoms with E-state index in [1.165, 1.54) is 38.8 Å². The molecule has 1 saturated carbocycles. The third-order valence-electron chi connectivity index (χ3n) is 5.43. The molecular formula is C18H36N2O. The van der Waals surface area contributed by atoms with Crippen LogP contribution in [0.3, 0.4) is 0 Å². The lowest BCUT2D eigenvalue weighted by atomic mass is 9.78. The number of likely N-dealkylation sites (tertiary alicyclic amines) is 1. The molecule has 0 radical (unpaired) electrons. The van der Waals surface area contributed by atoms with E-state index in [1.807, 2.05) is 0 Å². The highest BCUT2D eigenvalue weighted by Gasteiger charge is 2.34. The summed E-state index contributed by atoms with van der Waals surface area (Å²) in [5.74, 6) is 1.57. The van der Waals surface area contributed by atoms with Gasteiger partial charge in [0.05, 0.1) is 0 Å². The first-order valence-corrected chi connectivity index (χ1v) is 8.97. The molecule has 124 valence electrons. The average Bonchev–Trinajstić information content (AvgIpc) is 2.33. The second-order valence-corrected chi connectivity index (χ2v) is 8.64. The van der Waals surface area contributed by atoms with Crippen LogP contribution in [0.15, 0.2) is 0 Å². The van der Waals surface area contributed by atoms with Gasteiger partial charge in [0.25, 0.3) is 0 Å². The summed E-state index contributed by atoms with van der Waals surface area (Å²) in [6.07, 6.45) is 6.45. The normalized spacial score (nSPS) is 30.1. The Morgan fingerprint density at radius 2 is 1.95 bits per heavy atom. The van der Waals surface area contributed by atoms with Gasteiger partial charge in [0.1, 0.15) is 0 Å². The quantitative estimate of drug-likeness (QED) is 0.791. The van der Waals surface area contributed by atoms with Gasteiger partial charge in [-0.05, 0) is 49.9 Å². The van der Waals surface area contributed by atoms with Gasteiger partial charge < -0.3 is 10.4 Å². The van der Waals surface area contributed by atoms with E-state index in [4.69, 9.17) is 0 Å². The first-order chi connectivity index (χ1) is 9.89. The molecule has 0 bridgehead atoms. The summed E-state index contributed by atoms with van der Waals surface area (Å²) >= 11 is 0. The highest BCUT2D eigenvalue weighted by atomic mass is 16.3. The first-order valence-electron chi connectivity index (χ1n) is 8.97. The van der Waals surface area contributed by atoms with E-state index in [-0.39, 0.29) is 0 Å². The fourth-order valence-corrected chi connectivity index (χ4v) is 3.78. The minimum Gasteiger partial charge on any atom is -0.396 e. The predicted molar refractivity (Wildman–Crippen MR) is 89.4 cm³/mol. The van der Waals surface area contributed by atoms with E-state index in [9.17, 15) is 5.11 Å². The molecule has 3 heteroatoms. The van der Waals surface area contributed by atoms with Crippen molar-refractivity contribution >= 4 is 0 Å². The Morgan fingerprint density at radius 3 is 2.48 bits per heavy atom. The number of hydrogen-bond acceptors (Lipinski definition) is 3. The van der Waals surface area contributed by atoms with Crippen molar-refractivity contribution in [2.75, 3.05) is 26.2 Å². The van der Waals surface area contributed by atoms with Gasteiger partial charge in [-0.2, -0.15) is 0 Å². The largest absolute Gasteiger partial charge is 0.396 e. The molecule has 1 aliphatic carbocycles. The van der Waals surface area contributed by atoms with Crippen LogP contribution in [0.25, 0.3) is 0 Å². The Morgan fingerprint density at radius 1 is 1.24 bits per heavy atom. The first kappa shape index (κ1) is 17.2. The van der Waals surface area contributed by atoms with Gasteiger partial charge >= 0.3 is 0 Å². The van der Waals surface area contributed by atoms with Crippen LogP contribution in [0, 0.1) is 17.3 Å². The summed E-state index contributed by atoms with van der Waals surface area (Å²) in [6, 6.07) is 1.32. The molecule has 0 aromatic heterocycles. The second kappa shape index (κ2) is 7.43. The topological polar surface area (TPSA) is 35.5 Å². The predicted octanol–water partition coefficient (Wildman–Crippen LogP) is 2.88. The third kappa shape index (κ3) is 5.22. The molecule has 2 N–H and O–H groups in total. The summed E-state index contributed by atoms with van der Waals surface area (Å²) in [5.41, 5.74) is 0.342. The van der Waals surface area contributed by atoms with Gasteiger partial charge in [-0.1, -0.05) is 27.2 Å². The minimum atomic E-state index is 0.336. The van der Waals surface area contributed by atoms with Crippen molar-refractivity contribution in [1.29, 1.82) is 0 Å². The number of nitrogens with zero attached hydrogens (tertiary/aromatic N) is 1. The molecular weight excluding hydrogens is 260 g/mol. The van der Waals surface area contributed by atoms with E-state index < -0.39 is 0 Å². The van der Waals surface area contributed by atoms with Gasteiger partial charge in [-0.25, -0.2) is 0 Å². The zero-order chi connectivity index (χ0) is 15.5. The Balaban J connectivity index is 1.90. The minimum absolute atomic E-state index is 0.336. The molecule has 2 aliphatic rings. The number of aliphatic hydroxyl groups excluding tert-OH is 1. The van der Waals surface area contributed by atoms with E-state index in [0.29, 0.717) is 24.0 Å². The van der Waals surface area contributed by atoms with Crippen molar-refractivity contribution in [2.24, 2.45) is 17.3 Å². The lowest BCUT2D eigenvalue weighted by Crippen LogP contribution is -2.55. The molecule has 0 amide bonds. The van der Waals surface area contributed by atoms with Crippen molar-refractivity contribution in [3.05, 3.63) is 0 Å². The Labute approximate surface area is 131 Å². The molecule has 0 spiro atoms. The number of aliphatic hydroxyl groups is 1. The molecule has 0 aromatic carbocycles. The maximum Gasteiger partial charge on any atom is 0.0434 e. The Hall–Kier alpha value is -0.120. The van der Waals surface area contributed by atoms with Crippen molar-refractivity contribution in [2.45, 2.75) is 71.9 Å². The van der Waals surface area contributed by atoms with Crippen molar-refractivity contribution in [3.63, 3.8) is 0 Å². The maximum absolute atomic E-state index is 9.32. The van der Waals surface area contributed by atoms with E-state index in [0.717, 1.165) is 24.9 Å². The molecule has 2 fully saturated rings. The van der Waals surface area contributed by atoms with Crippen LogP contribution >= 0.6 is 0 Å². The summed E-state index contributed by atoms with van der Waals surface area (Å²) in [6.45, 7) is 13.1. The number of nitrogens with one attached hydrogen (secondary N) is 1. The van der Waals surface area contributed by atoms with Crippen LogP contribution in [0.4, 0.5) is 0 Å². The van der Waals surface area contributed by atoms with E-state index in [2.05, 4.69) is 37.9 Å². The van der Waals surface area contributed by atoms with Crippen LogP contribution in [-0.2, 0) is 0 Å². The third-order valence-corrected chi connectivity index (χ3v) is 5.43. The van der Waals surface area contributed by atoms with Crippen molar-refractivity contribution in [3.8, 4) is 0 Å². The molecule has 3 unspecified atom stereocenters. The van der Waals surface area contributed by atoms with Crippen molar-refractivity contribution in [1.82, 2.24) is 10.2 Å². The lowest BCUT2D eigenvalue weighted by molar-refractivity contribution is 0.0433. The van der Waals surface area contributed by atoms with Gasteiger partial charge in [-0.3, -0.25) is 4.90 Å². The fourth-order valence-electron chi connectivity index (χ4n) is 3.78. The van der Waals surface area contributed by atoms with Crippen molar-refractivity contribution < 1.29 is 5.11 Å². The summed E-state index contributed by atoms with van der Waals surface area (Å²) in [7, 11) is 0. The van der Waals surface area contributed by atoms with Crippen LogP contribution < -0.4 is 5.32 Å². The Kier molecular flexibility index (Phi) is 6.10. The fraction of sp³-hybridized carbons (Fsp3) is 1.00. The lowest BCUT2D eigenvalue weighted by Gasteiger charge is -2.46. The number of rotatable bonds is 6. The SMILES string of the molecule is CC(C1CCC1)N1CC(CCO)CC(NCC(C)(C)C)C1. The Bertz CT molecular complexity index is 309. The number of piperidine rings is 1. The molecule has 1 aliphatic heterocycles. The zero-order valence-corrected chi connectivity index (χ0v) is 14.6. The van der Waals surface area contributed by atoms with Gasteiger partial charge in [0.2, 0.25) is 0 Å². The molecule has 2 rings (SSSR count). The van der Waals surface area contributed by atoms with Crippen LogP contribution in [-0.4, -0.2) is 48.3 Å². The molecule has 3 nitrogen and oxygen atoms in total. The molecule has 1 heterocycles.